The van der Waals surface area contributed by atoms with Crippen molar-refractivity contribution in [1.29, 1.82) is 0 Å². The summed E-state index contributed by atoms with van der Waals surface area (Å²) in [6.07, 6.45) is 12.8. The molecule has 0 aromatic carbocycles. The quantitative estimate of drug-likeness (QED) is 0.502. The highest BCUT2D eigenvalue weighted by Crippen LogP contribution is 2.44. The summed E-state index contributed by atoms with van der Waals surface area (Å²) in [5.41, 5.74) is 0.524. The molecule has 22 heavy (non-hydrogen) atoms. The van der Waals surface area contributed by atoms with Gasteiger partial charge in [0.1, 0.15) is 0 Å². The molecule has 0 aliphatic heterocycles. The van der Waals surface area contributed by atoms with Crippen molar-refractivity contribution in [2.75, 3.05) is 0 Å². The molecule has 1 heteroatoms. The van der Waals surface area contributed by atoms with Crippen molar-refractivity contribution in [3.05, 3.63) is 0 Å². The fraction of sp³-hybridized carbons (Fsp3) is 1.00. The van der Waals surface area contributed by atoms with Gasteiger partial charge in [-0.2, -0.15) is 0 Å². The van der Waals surface area contributed by atoms with Crippen LogP contribution in [0.1, 0.15) is 106 Å². The van der Waals surface area contributed by atoms with Crippen molar-refractivity contribution in [2.24, 2.45) is 22.7 Å². The van der Waals surface area contributed by atoms with E-state index in [4.69, 9.17) is 0 Å². The first-order valence-corrected chi connectivity index (χ1v) is 9.86. The van der Waals surface area contributed by atoms with Gasteiger partial charge in [-0.1, -0.05) is 73.6 Å². The molecule has 1 unspecified atom stereocenters. The molecule has 1 fully saturated rings. The SMILES string of the molecule is CCCCCCCC(C)(C)C(O)C1CCC(C(C)(C)C)CC1. The largest absolute Gasteiger partial charge is 0.392 e. The second-order valence-electron chi connectivity index (χ2n) is 9.58. The Labute approximate surface area is 140 Å². The van der Waals surface area contributed by atoms with Crippen LogP contribution in [-0.2, 0) is 0 Å². The summed E-state index contributed by atoms with van der Waals surface area (Å²) >= 11 is 0. The third-order valence-electron chi connectivity index (χ3n) is 6.17. The topological polar surface area (TPSA) is 20.2 Å². The van der Waals surface area contributed by atoms with Crippen molar-refractivity contribution >= 4 is 0 Å². The van der Waals surface area contributed by atoms with E-state index < -0.39 is 0 Å². The van der Waals surface area contributed by atoms with Crippen LogP contribution in [0.5, 0.6) is 0 Å². The maximum Gasteiger partial charge on any atom is 0.0619 e. The van der Waals surface area contributed by atoms with Crippen LogP contribution >= 0.6 is 0 Å². The Hall–Kier alpha value is -0.0400. The van der Waals surface area contributed by atoms with Gasteiger partial charge in [-0.25, -0.2) is 0 Å². The van der Waals surface area contributed by atoms with E-state index in [1.54, 1.807) is 0 Å². The van der Waals surface area contributed by atoms with E-state index in [0.29, 0.717) is 11.3 Å². The Morgan fingerprint density at radius 2 is 1.41 bits per heavy atom. The minimum absolute atomic E-state index is 0.0887. The minimum Gasteiger partial charge on any atom is -0.392 e. The molecule has 0 bridgehead atoms. The predicted molar refractivity (Wildman–Crippen MR) is 98.1 cm³/mol. The zero-order valence-electron chi connectivity index (χ0n) is 16.3. The lowest BCUT2D eigenvalue weighted by atomic mass is 9.65. The lowest BCUT2D eigenvalue weighted by Gasteiger charge is -2.42. The fourth-order valence-corrected chi connectivity index (χ4v) is 4.27. The average molecular weight is 311 g/mol. The number of unbranched alkanes of at least 4 members (excludes halogenated alkanes) is 4. The number of aliphatic hydroxyl groups is 1. The van der Waals surface area contributed by atoms with Crippen molar-refractivity contribution in [3.8, 4) is 0 Å². The van der Waals surface area contributed by atoms with E-state index in [9.17, 15) is 5.11 Å². The van der Waals surface area contributed by atoms with Crippen LogP contribution in [0, 0.1) is 22.7 Å². The average Bonchev–Trinajstić information content (AvgIpc) is 2.45. The first-order chi connectivity index (χ1) is 10.2. The van der Waals surface area contributed by atoms with Crippen LogP contribution in [-0.4, -0.2) is 11.2 Å². The van der Waals surface area contributed by atoms with Gasteiger partial charge in [-0.15, -0.1) is 0 Å². The Kier molecular flexibility index (Phi) is 7.92. The Morgan fingerprint density at radius 1 is 0.864 bits per heavy atom. The van der Waals surface area contributed by atoms with Crippen LogP contribution in [0.25, 0.3) is 0 Å². The van der Waals surface area contributed by atoms with E-state index in [1.807, 2.05) is 0 Å². The van der Waals surface area contributed by atoms with Crippen molar-refractivity contribution < 1.29 is 5.11 Å². The zero-order valence-corrected chi connectivity index (χ0v) is 16.3. The maximum absolute atomic E-state index is 10.9. The van der Waals surface area contributed by atoms with E-state index >= 15 is 0 Å². The zero-order chi connectivity index (χ0) is 16.8. The van der Waals surface area contributed by atoms with Gasteiger partial charge in [-0.3, -0.25) is 0 Å². The number of hydrogen-bond donors (Lipinski definition) is 1. The molecule has 1 N–H and O–H groups in total. The maximum atomic E-state index is 10.9. The highest BCUT2D eigenvalue weighted by molar-refractivity contribution is 4.88. The fourth-order valence-electron chi connectivity index (χ4n) is 4.27. The molecular weight excluding hydrogens is 268 g/mol. The molecule has 0 amide bonds. The van der Waals surface area contributed by atoms with Gasteiger partial charge in [-0.05, 0) is 54.8 Å². The normalized spacial score (nSPS) is 25.2. The van der Waals surface area contributed by atoms with Crippen LogP contribution in [0.3, 0.4) is 0 Å². The summed E-state index contributed by atoms with van der Waals surface area (Å²) in [7, 11) is 0. The van der Waals surface area contributed by atoms with E-state index in [0.717, 1.165) is 5.92 Å². The monoisotopic (exact) mass is 310 g/mol. The van der Waals surface area contributed by atoms with Crippen LogP contribution in [0.15, 0.2) is 0 Å². The van der Waals surface area contributed by atoms with Crippen LogP contribution < -0.4 is 0 Å². The molecule has 1 aliphatic rings. The van der Waals surface area contributed by atoms with E-state index in [-0.39, 0.29) is 11.5 Å². The predicted octanol–water partition coefficient (Wildman–Crippen LogP) is 6.59. The smallest absolute Gasteiger partial charge is 0.0619 e. The third-order valence-corrected chi connectivity index (χ3v) is 6.17. The molecule has 0 heterocycles. The molecule has 132 valence electrons. The molecule has 1 nitrogen and oxygen atoms in total. The Bertz CT molecular complexity index is 292. The van der Waals surface area contributed by atoms with Gasteiger partial charge in [0.15, 0.2) is 0 Å². The molecule has 1 rings (SSSR count). The van der Waals surface area contributed by atoms with Gasteiger partial charge >= 0.3 is 0 Å². The van der Waals surface area contributed by atoms with E-state index in [2.05, 4.69) is 41.5 Å². The molecule has 0 aromatic rings. The summed E-state index contributed by atoms with van der Waals surface area (Å²) in [6.45, 7) is 13.9. The lowest BCUT2D eigenvalue weighted by Crippen LogP contribution is -2.39. The van der Waals surface area contributed by atoms with Gasteiger partial charge in [0.25, 0.3) is 0 Å². The molecule has 0 spiro atoms. The van der Waals surface area contributed by atoms with Gasteiger partial charge in [0.05, 0.1) is 6.10 Å². The first kappa shape index (κ1) is 20.0. The van der Waals surface area contributed by atoms with Crippen LogP contribution in [0.2, 0.25) is 0 Å². The first-order valence-electron chi connectivity index (χ1n) is 9.86. The van der Waals surface area contributed by atoms with E-state index in [1.165, 1.54) is 64.2 Å². The number of aliphatic hydroxyl groups excluding tert-OH is 1. The summed E-state index contributed by atoms with van der Waals surface area (Å²) in [6, 6.07) is 0. The third kappa shape index (κ3) is 6.22. The standard InChI is InChI=1S/C21H42O/c1-7-8-9-10-11-16-21(5,6)19(22)17-12-14-18(15-13-17)20(2,3)4/h17-19,22H,7-16H2,1-6H3. The summed E-state index contributed by atoms with van der Waals surface area (Å²) in [5, 5.41) is 10.9. The molecule has 1 saturated carbocycles. The van der Waals surface area contributed by atoms with Gasteiger partial charge < -0.3 is 5.11 Å². The Morgan fingerprint density at radius 3 is 1.91 bits per heavy atom. The second-order valence-corrected chi connectivity index (χ2v) is 9.58. The Balaban J connectivity index is 2.38. The van der Waals surface area contributed by atoms with Gasteiger partial charge in [0, 0.05) is 0 Å². The highest BCUT2D eigenvalue weighted by atomic mass is 16.3. The molecule has 0 saturated heterocycles. The summed E-state index contributed by atoms with van der Waals surface area (Å²) in [4.78, 5) is 0. The highest BCUT2D eigenvalue weighted by Gasteiger charge is 2.37. The molecule has 0 aromatic heterocycles. The van der Waals surface area contributed by atoms with Crippen LogP contribution in [0.4, 0.5) is 0 Å². The van der Waals surface area contributed by atoms with Crippen molar-refractivity contribution in [2.45, 2.75) is 112 Å². The molecule has 1 aliphatic carbocycles. The second kappa shape index (κ2) is 8.71. The summed E-state index contributed by atoms with van der Waals surface area (Å²) in [5.74, 6) is 1.37. The summed E-state index contributed by atoms with van der Waals surface area (Å²) < 4.78 is 0. The number of hydrogen-bond acceptors (Lipinski definition) is 1. The number of rotatable bonds is 8. The molecular formula is C21H42O. The lowest BCUT2D eigenvalue weighted by molar-refractivity contribution is -0.0286. The van der Waals surface area contributed by atoms with Crippen molar-refractivity contribution in [3.63, 3.8) is 0 Å². The van der Waals surface area contributed by atoms with Crippen molar-refractivity contribution in [1.82, 2.24) is 0 Å². The molecule has 0 radical (unpaired) electrons. The molecule has 1 atom stereocenters. The minimum atomic E-state index is -0.111. The van der Waals surface area contributed by atoms with Gasteiger partial charge in [0.2, 0.25) is 0 Å².